The zero-order valence-corrected chi connectivity index (χ0v) is 15.1. The van der Waals surface area contributed by atoms with Crippen molar-refractivity contribution in [1.82, 2.24) is 4.98 Å². The molecule has 7 nitrogen and oxygen atoms in total. The summed E-state index contributed by atoms with van der Waals surface area (Å²) in [6.45, 7) is 0.908. The number of aromatic nitrogens is 1. The number of fused-ring (bicyclic) bond motifs is 1. The van der Waals surface area contributed by atoms with E-state index in [2.05, 4.69) is 20.9 Å². The number of halogens is 1. The molecule has 1 aliphatic rings. The lowest BCUT2D eigenvalue weighted by Gasteiger charge is -2.19. The van der Waals surface area contributed by atoms with Crippen molar-refractivity contribution in [3.05, 3.63) is 51.6 Å². The van der Waals surface area contributed by atoms with Crippen LogP contribution < -0.4 is 10.0 Å². The molecule has 1 aliphatic heterocycles. The van der Waals surface area contributed by atoms with E-state index in [0.29, 0.717) is 23.1 Å². The molecule has 0 unspecified atom stereocenters. The molecule has 0 spiro atoms. The van der Waals surface area contributed by atoms with E-state index in [4.69, 9.17) is 9.88 Å². The quantitative estimate of drug-likeness (QED) is 0.772. The highest BCUT2D eigenvalue weighted by molar-refractivity contribution is 9.10. The predicted octanol–water partition coefficient (Wildman–Crippen LogP) is 1.80. The Bertz CT molecular complexity index is 930. The number of esters is 1. The van der Waals surface area contributed by atoms with Gasteiger partial charge in [-0.25, -0.2) is 23.3 Å². The molecule has 0 aliphatic carbocycles. The molecule has 1 aromatic heterocycles. The molecule has 126 valence electrons. The predicted molar refractivity (Wildman–Crippen MR) is 91.0 cm³/mol. The van der Waals surface area contributed by atoms with Crippen LogP contribution in [0.1, 0.15) is 21.5 Å². The molecule has 2 heterocycles. The van der Waals surface area contributed by atoms with Gasteiger partial charge in [0.05, 0.1) is 12.7 Å². The monoisotopic (exact) mass is 411 g/mol. The molecular weight excluding hydrogens is 398 g/mol. The molecule has 3 rings (SSSR count). The molecular formula is C15H14BrN3O4S. The normalized spacial score (nSPS) is 13.7. The number of anilines is 1. The van der Waals surface area contributed by atoms with E-state index in [-0.39, 0.29) is 10.7 Å². The molecule has 0 bridgehead atoms. The minimum Gasteiger partial charge on any atom is -0.465 e. The van der Waals surface area contributed by atoms with Crippen molar-refractivity contribution >= 4 is 37.7 Å². The zero-order chi connectivity index (χ0) is 17.5. The van der Waals surface area contributed by atoms with Crippen LogP contribution in [0.3, 0.4) is 0 Å². The first-order chi connectivity index (χ1) is 11.3. The molecule has 2 N–H and O–H groups in total. The van der Waals surface area contributed by atoms with Crippen molar-refractivity contribution in [1.29, 1.82) is 0 Å². The number of primary sulfonamides is 1. The number of sulfonamides is 1. The van der Waals surface area contributed by atoms with Crippen molar-refractivity contribution in [3.63, 3.8) is 0 Å². The number of benzene rings is 1. The first-order valence-corrected chi connectivity index (χ1v) is 9.27. The summed E-state index contributed by atoms with van der Waals surface area (Å²) in [5, 5.41) is 5.30. The first-order valence-electron chi connectivity index (χ1n) is 6.93. The van der Waals surface area contributed by atoms with Crippen LogP contribution in [0.2, 0.25) is 0 Å². The van der Waals surface area contributed by atoms with Gasteiger partial charge in [0.1, 0.15) is 10.7 Å². The van der Waals surface area contributed by atoms with Gasteiger partial charge in [-0.05, 0) is 45.3 Å². The van der Waals surface area contributed by atoms with Crippen LogP contribution in [0, 0.1) is 0 Å². The number of methoxy groups -OCH3 is 1. The number of hydrogen-bond donors (Lipinski definition) is 1. The topological polar surface area (TPSA) is 103 Å². The van der Waals surface area contributed by atoms with E-state index >= 15 is 0 Å². The van der Waals surface area contributed by atoms with Crippen LogP contribution in [0.4, 0.5) is 5.82 Å². The lowest BCUT2D eigenvalue weighted by atomic mass is 10.1. The average molecular weight is 412 g/mol. The van der Waals surface area contributed by atoms with Crippen LogP contribution >= 0.6 is 15.9 Å². The minimum absolute atomic E-state index is 0.0436. The molecule has 0 saturated heterocycles. The average Bonchev–Trinajstić information content (AvgIpc) is 2.96. The van der Waals surface area contributed by atoms with Gasteiger partial charge in [0.25, 0.3) is 0 Å². The Kier molecular flexibility index (Phi) is 4.33. The number of hydrogen-bond acceptors (Lipinski definition) is 6. The standard InChI is InChI=1S/C15H14BrN3O4S/c1-23-15(20)9-2-3-10-7-19(8-11(10)4-9)14-13(24(17,21)22)5-12(16)6-18-14/h2-6H,7-8H2,1H3,(H2,17,21,22). The third-order valence-corrected chi connectivity index (χ3v) is 5.10. The third-order valence-electron chi connectivity index (χ3n) is 3.76. The zero-order valence-electron chi connectivity index (χ0n) is 12.7. The minimum atomic E-state index is -3.91. The Morgan fingerprint density at radius 3 is 2.67 bits per heavy atom. The van der Waals surface area contributed by atoms with Crippen molar-refractivity contribution in [3.8, 4) is 0 Å². The van der Waals surface area contributed by atoms with Crippen molar-refractivity contribution in [2.45, 2.75) is 18.0 Å². The van der Waals surface area contributed by atoms with E-state index in [1.165, 1.54) is 19.4 Å². The highest BCUT2D eigenvalue weighted by atomic mass is 79.9. The number of ether oxygens (including phenoxy) is 1. The van der Waals surface area contributed by atoms with Gasteiger partial charge in [-0.2, -0.15) is 0 Å². The highest BCUT2D eigenvalue weighted by Gasteiger charge is 2.26. The molecule has 0 saturated carbocycles. The van der Waals surface area contributed by atoms with Gasteiger partial charge >= 0.3 is 5.97 Å². The summed E-state index contributed by atoms with van der Waals surface area (Å²) in [5.74, 6) is -0.125. The Morgan fingerprint density at radius 1 is 1.29 bits per heavy atom. The van der Waals surface area contributed by atoms with Gasteiger partial charge in [-0.15, -0.1) is 0 Å². The SMILES string of the molecule is COC(=O)c1ccc2c(c1)CN(c1ncc(Br)cc1S(N)(=O)=O)C2. The molecule has 0 radical (unpaired) electrons. The number of nitrogens with zero attached hydrogens (tertiary/aromatic N) is 2. The lowest BCUT2D eigenvalue weighted by molar-refractivity contribution is 0.0600. The number of carbonyl (C=O) groups is 1. The summed E-state index contributed by atoms with van der Waals surface area (Å²) < 4.78 is 28.9. The Morgan fingerprint density at radius 2 is 2.00 bits per heavy atom. The summed E-state index contributed by atoms with van der Waals surface area (Å²) in [7, 11) is -2.59. The summed E-state index contributed by atoms with van der Waals surface area (Å²) >= 11 is 3.21. The van der Waals surface area contributed by atoms with Crippen molar-refractivity contribution in [2.75, 3.05) is 12.0 Å². The van der Waals surface area contributed by atoms with E-state index in [1.54, 1.807) is 17.0 Å². The van der Waals surface area contributed by atoms with Gasteiger partial charge in [0.2, 0.25) is 10.0 Å². The van der Waals surface area contributed by atoms with Gasteiger partial charge in [-0.1, -0.05) is 6.07 Å². The van der Waals surface area contributed by atoms with Crippen LogP contribution in [-0.2, 0) is 27.8 Å². The van der Waals surface area contributed by atoms with Gasteiger partial charge in [0.15, 0.2) is 0 Å². The summed E-state index contributed by atoms with van der Waals surface area (Å²) in [6, 6.07) is 6.69. The van der Waals surface area contributed by atoms with E-state index in [0.717, 1.165) is 11.1 Å². The van der Waals surface area contributed by atoms with Crippen LogP contribution in [-0.4, -0.2) is 26.5 Å². The molecule has 0 fully saturated rings. The maximum Gasteiger partial charge on any atom is 0.337 e. The molecule has 0 atom stereocenters. The fourth-order valence-corrected chi connectivity index (χ4v) is 3.86. The van der Waals surface area contributed by atoms with E-state index < -0.39 is 16.0 Å². The second-order valence-electron chi connectivity index (χ2n) is 5.35. The Hall–Kier alpha value is -1.97. The maximum atomic E-state index is 11.8. The summed E-state index contributed by atoms with van der Waals surface area (Å²) in [5.41, 5.74) is 2.37. The van der Waals surface area contributed by atoms with Crippen molar-refractivity contribution in [2.24, 2.45) is 5.14 Å². The van der Waals surface area contributed by atoms with Crippen LogP contribution in [0.5, 0.6) is 0 Å². The van der Waals surface area contributed by atoms with Gasteiger partial charge in [-0.3, -0.25) is 0 Å². The largest absolute Gasteiger partial charge is 0.465 e. The van der Waals surface area contributed by atoms with Gasteiger partial charge in [0, 0.05) is 23.8 Å². The van der Waals surface area contributed by atoms with Crippen LogP contribution in [0.25, 0.3) is 0 Å². The smallest absolute Gasteiger partial charge is 0.337 e. The van der Waals surface area contributed by atoms with Crippen LogP contribution in [0.15, 0.2) is 39.8 Å². The Balaban J connectivity index is 1.98. The number of nitrogens with two attached hydrogens (primary N) is 1. The molecule has 24 heavy (non-hydrogen) atoms. The molecule has 2 aromatic rings. The molecule has 9 heteroatoms. The number of pyridine rings is 1. The summed E-state index contributed by atoms with van der Waals surface area (Å²) in [4.78, 5) is 17.6. The fraction of sp³-hybridized carbons (Fsp3) is 0.200. The third kappa shape index (κ3) is 3.14. The van der Waals surface area contributed by atoms with Gasteiger partial charge < -0.3 is 9.64 Å². The maximum absolute atomic E-state index is 11.8. The second-order valence-corrected chi connectivity index (χ2v) is 7.80. The first kappa shape index (κ1) is 16.9. The number of carbonyl (C=O) groups excluding carboxylic acids is 1. The molecule has 0 amide bonds. The highest BCUT2D eigenvalue weighted by Crippen LogP contribution is 2.32. The summed E-state index contributed by atoms with van der Waals surface area (Å²) in [6.07, 6.45) is 1.52. The number of rotatable bonds is 3. The molecule has 1 aromatic carbocycles. The van der Waals surface area contributed by atoms with E-state index in [9.17, 15) is 13.2 Å². The van der Waals surface area contributed by atoms with E-state index in [1.807, 2.05) is 6.07 Å². The fourth-order valence-electron chi connectivity index (χ4n) is 2.65. The lowest BCUT2D eigenvalue weighted by Crippen LogP contribution is -2.22. The van der Waals surface area contributed by atoms with Crippen molar-refractivity contribution < 1.29 is 17.9 Å². The second kappa shape index (κ2) is 6.15. The Labute approximate surface area is 147 Å².